The molecule has 0 aliphatic carbocycles. The van der Waals surface area contributed by atoms with E-state index in [2.05, 4.69) is 3.18 Å². The predicted molar refractivity (Wildman–Crippen MR) is 13.1 cm³/mol. The molecule has 53 valence electrons. The normalized spacial score (nSPS) is 8.75. The second-order valence-corrected chi connectivity index (χ2v) is 2.79. The van der Waals surface area contributed by atoms with Crippen LogP contribution in [-0.2, 0) is 63.6 Å². The van der Waals surface area contributed by atoms with E-state index >= 15 is 0 Å². The van der Waals surface area contributed by atoms with Crippen molar-refractivity contribution in [1.29, 1.82) is 0 Å². The molecule has 0 rings (SSSR count). The van der Waals surface area contributed by atoms with Crippen LogP contribution in [0.5, 0.6) is 0 Å². The third kappa shape index (κ3) is 15.7. The van der Waals surface area contributed by atoms with Gasteiger partial charge in [0.1, 0.15) is 0 Å². The maximum Gasteiger partial charge on any atom is 0 e. The molecule has 0 spiro atoms. The van der Waals surface area contributed by atoms with E-state index in [9.17, 15) is 4.57 Å². The molecule has 8 heavy (non-hydrogen) atoms. The Balaban J connectivity index is -0.000000125. The predicted octanol–water partition coefficient (Wildman–Crippen LogP) is -0.448. The van der Waals surface area contributed by atoms with E-state index < -0.39 is 7.82 Å². The number of hydrogen-bond donors (Lipinski definition) is 2. The Morgan fingerprint density at radius 3 is 1.62 bits per heavy atom. The zero-order valence-electron chi connectivity index (χ0n) is 3.32. The van der Waals surface area contributed by atoms with Gasteiger partial charge in [0.05, 0.1) is 0 Å². The molecule has 0 aromatic rings. The number of rotatable bonds is 1. The topological polar surface area (TPSA) is 66.8 Å². The summed E-state index contributed by atoms with van der Waals surface area (Å²) in [6.07, 6.45) is 0. The average Bonchev–Trinajstić information content (AvgIpc) is 1.35. The van der Waals surface area contributed by atoms with E-state index in [0.717, 1.165) is 20.2 Å². The van der Waals surface area contributed by atoms with Crippen LogP contribution in [0, 0.1) is 0 Å². The van der Waals surface area contributed by atoms with Gasteiger partial charge in [0.25, 0.3) is 0 Å². The van der Waals surface area contributed by atoms with Gasteiger partial charge in [0, 0.05) is 35.6 Å². The zero-order valence-corrected chi connectivity index (χ0v) is 8.55. The van der Waals surface area contributed by atoms with Crippen molar-refractivity contribution in [2.24, 2.45) is 0 Å². The summed E-state index contributed by atoms with van der Waals surface area (Å²) >= 11 is 0.883. The van der Waals surface area contributed by atoms with Crippen molar-refractivity contribution in [3.8, 4) is 0 Å². The standard InChI is InChI=1S/Cu.Mo.H3O4P.V/c;;1-5(2,3)4;/h;;(H3,1,2,3,4);/q;+1;;/p-1. The van der Waals surface area contributed by atoms with Gasteiger partial charge in [-0.1, -0.05) is 0 Å². The summed E-state index contributed by atoms with van der Waals surface area (Å²) in [5.41, 5.74) is 0. The van der Waals surface area contributed by atoms with E-state index in [1.807, 2.05) is 0 Å². The maximum absolute atomic E-state index is 9.47. The fourth-order valence-electron chi connectivity index (χ4n) is 0. The molecule has 0 atom stereocenters. The molecule has 0 aromatic heterocycles. The fourth-order valence-corrected chi connectivity index (χ4v) is 0. The zero-order chi connectivity index (χ0) is 5.21. The maximum atomic E-state index is 9.47. The third-order valence-corrected chi connectivity index (χ3v) is 1.72. The van der Waals surface area contributed by atoms with Gasteiger partial charge in [-0.2, -0.15) is 0 Å². The van der Waals surface area contributed by atoms with Crippen LogP contribution in [0.1, 0.15) is 0 Å². The Morgan fingerprint density at radius 1 is 1.50 bits per heavy atom. The Bertz CT molecular complexity index is 80.1. The quantitative estimate of drug-likeness (QED) is 0.509. The molecular formula is H2CuMoO4PV. The Morgan fingerprint density at radius 2 is 1.62 bits per heavy atom. The molecule has 2 N–H and O–H groups in total. The smallest absolute Gasteiger partial charge is 0 e. The minimum atomic E-state index is -4.14. The molecule has 0 aliphatic heterocycles. The summed E-state index contributed by atoms with van der Waals surface area (Å²) in [6, 6.07) is 0. The average molecular weight is 307 g/mol. The van der Waals surface area contributed by atoms with Crippen molar-refractivity contribution in [2.45, 2.75) is 0 Å². The van der Waals surface area contributed by atoms with Gasteiger partial charge in [0.2, 0.25) is 0 Å². The van der Waals surface area contributed by atoms with Gasteiger partial charge in [-0.05, 0) is 0 Å². The molecule has 0 fully saturated rings. The van der Waals surface area contributed by atoms with E-state index in [-0.39, 0.29) is 35.6 Å². The molecule has 0 heterocycles. The second kappa shape index (κ2) is 7.01. The Kier molecular flexibility index (Phi) is 14.4. The van der Waals surface area contributed by atoms with Gasteiger partial charge >= 0.3 is 45.5 Å². The SMILES string of the molecule is O=P(O)(O)[O][Mo].[Cu].[V]. The van der Waals surface area contributed by atoms with Crippen LogP contribution in [0.3, 0.4) is 0 Å². The first-order chi connectivity index (χ1) is 2.56. The van der Waals surface area contributed by atoms with Crippen LogP contribution in [0.15, 0.2) is 0 Å². The van der Waals surface area contributed by atoms with Gasteiger partial charge < -0.3 is 0 Å². The minimum Gasteiger partial charge on any atom is 0 e. The second-order valence-electron chi connectivity index (χ2n) is 0.565. The molecule has 4 nitrogen and oxygen atoms in total. The molecule has 0 bridgehead atoms. The summed E-state index contributed by atoms with van der Waals surface area (Å²) < 4.78 is 13.1. The van der Waals surface area contributed by atoms with Gasteiger partial charge in [-0.15, -0.1) is 0 Å². The fraction of sp³-hybridized carbons (Fsp3) is 0. The molecule has 0 aromatic carbocycles. The van der Waals surface area contributed by atoms with E-state index in [1.165, 1.54) is 0 Å². The molecule has 8 heteroatoms. The van der Waals surface area contributed by atoms with E-state index in [1.54, 1.807) is 0 Å². The van der Waals surface area contributed by atoms with Crippen molar-refractivity contribution in [1.82, 2.24) is 0 Å². The van der Waals surface area contributed by atoms with Crippen molar-refractivity contribution < 1.29 is 73.3 Å². The first kappa shape index (κ1) is 16.5. The van der Waals surface area contributed by atoms with Crippen LogP contribution >= 0.6 is 7.82 Å². The van der Waals surface area contributed by atoms with Gasteiger partial charge in [-0.3, -0.25) is 0 Å². The summed E-state index contributed by atoms with van der Waals surface area (Å²) in [7, 11) is -4.14. The van der Waals surface area contributed by atoms with Crippen LogP contribution in [0.25, 0.3) is 0 Å². The molecule has 0 saturated heterocycles. The minimum absolute atomic E-state index is 0. The van der Waals surface area contributed by atoms with Gasteiger partial charge in [0.15, 0.2) is 0 Å². The van der Waals surface area contributed by atoms with E-state index in [4.69, 9.17) is 9.79 Å². The van der Waals surface area contributed by atoms with Crippen LogP contribution < -0.4 is 0 Å². The number of hydrogen-bond acceptors (Lipinski definition) is 2. The van der Waals surface area contributed by atoms with Crippen LogP contribution in [-0.4, -0.2) is 9.79 Å². The number of phosphoric acid groups is 1. The monoisotopic (exact) mass is 309 g/mol. The molecular weight excluding hydrogens is 305 g/mol. The molecule has 0 unspecified atom stereocenters. The Labute approximate surface area is 80.7 Å². The largest absolute Gasteiger partial charge is 0 e. The summed E-state index contributed by atoms with van der Waals surface area (Å²) in [6.45, 7) is 0. The molecule has 0 saturated carbocycles. The first-order valence-corrected chi connectivity index (χ1v) is 3.28. The summed E-state index contributed by atoms with van der Waals surface area (Å²) in [5.74, 6) is 0. The third-order valence-electron chi connectivity index (χ3n) is 0.0971. The van der Waals surface area contributed by atoms with Crippen molar-refractivity contribution in [2.75, 3.05) is 0 Å². The molecule has 0 aliphatic rings. The van der Waals surface area contributed by atoms with Crippen LogP contribution in [0.2, 0.25) is 0 Å². The summed E-state index contributed by atoms with van der Waals surface area (Å²) in [5, 5.41) is 0. The van der Waals surface area contributed by atoms with Crippen LogP contribution in [0.4, 0.5) is 0 Å². The first-order valence-electron chi connectivity index (χ1n) is 0.932. The molecule has 2 radical (unpaired) electrons. The van der Waals surface area contributed by atoms with Gasteiger partial charge in [-0.25, -0.2) is 0 Å². The van der Waals surface area contributed by atoms with Crippen molar-refractivity contribution >= 4 is 7.82 Å². The Hall–Kier alpha value is 1.90. The van der Waals surface area contributed by atoms with Crippen molar-refractivity contribution in [3.05, 3.63) is 0 Å². The summed E-state index contributed by atoms with van der Waals surface area (Å²) in [4.78, 5) is 15.4. The van der Waals surface area contributed by atoms with E-state index in [0.29, 0.717) is 0 Å². The van der Waals surface area contributed by atoms with Crippen molar-refractivity contribution in [3.63, 3.8) is 0 Å². The molecule has 0 amide bonds.